The molecule has 2 rings (SSSR count). The molecule has 102 valence electrons. The molecule has 7 heteroatoms. The summed E-state index contributed by atoms with van der Waals surface area (Å²) in [6.07, 6.45) is 1.86. The minimum atomic E-state index is -0.474. The highest BCUT2D eigenvalue weighted by Gasteiger charge is 2.31. The smallest absolute Gasteiger partial charge is 0.339 e. The molecular formula is C12H14BrN3O3. The lowest BCUT2D eigenvalue weighted by atomic mass is 10.2. The average molecular weight is 328 g/mol. The molecule has 1 N–H and O–H groups in total. The van der Waals surface area contributed by atoms with Crippen LogP contribution in [-0.2, 0) is 9.53 Å². The molecule has 1 saturated heterocycles. The molecule has 1 aromatic heterocycles. The number of carbonyl (C=O) groups excluding carboxylic acids is 2. The number of carbonyl (C=O) groups is 2. The molecular weight excluding hydrogens is 314 g/mol. The van der Waals surface area contributed by atoms with Crippen molar-refractivity contribution >= 4 is 39.3 Å². The Labute approximate surface area is 119 Å². The van der Waals surface area contributed by atoms with E-state index in [0.29, 0.717) is 30.0 Å². The van der Waals surface area contributed by atoms with Crippen molar-refractivity contribution < 1.29 is 14.3 Å². The highest BCUT2D eigenvalue weighted by Crippen LogP contribution is 2.30. The largest absolute Gasteiger partial charge is 0.465 e. The fraction of sp³-hybridized carbons (Fsp3) is 0.417. The summed E-state index contributed by atoms with van der Waals surface area (Å²) in [5.41, 5.74) is 0.916. The van der Waals surface area contributed by atoms with E-state index in [1.165, 1.54) is 13.3 Å². The van der Waals surface area contributed by atoms with Crippen molar-refractivity contribution in [3.8, 4) is 0 Å². The first-order valence-corrected chi connectivity index (χ1v) is 6.69. The van der Waals surface area contributed by atoms with Gasteiger partial charge in [0.25, 0.3) is 0 Å². The predicted octanol–water partition coefficient (Wildman–Crippen LogP) is 1.41. The number of amides is 1. The molecule has 0 bridgehead atoms. The van der Waals surface area contributed by atoms with E-state index in [4.69, 9.17) is 0 Å². The Hall–Kier alpha value is -1.63. The van der Waals surface area contributed by atoms with Gasteiger partial charge in [0.05, 0.1) is 18.4 Å². The van der Waals surface area contributed by atoms with Gasteiger partial charge >= 0.3 is 5.97 Å². The van der Waals surface area contributed by atoms with E-state index >= 15 is 0 Å². The van der Waals surface area contributed by atoms with Gasteiger partial charge in [0, 0.05) is 31.0 Å². The van der Waals surface area contributed by atoms with Gasteiger partial charge in [-0.2, -0.15) is 0 Å². The van der Waals surface area contributed by atoms with E-state index in [-0.39, 0.29) is 10.7 Å². The zero-order valence-corrected chi connectivity index (χ0v) is 12.2. The minimum absolute atomic E-state index is 0.00203. The number of halogens is 1. The number of aromatic nitrogens is 1. The number of pyridine rings is 1. The number of nitrogens with zero attached hydrogens (tertiary/aromatic N) is 2. The molecule has 1 atom stereocenters. The molecule has 0 aromatic carbocycles. The molecule has 2 heterocycles. The molecule has 1 fully saturated rings. The summed E-state index contributed by atoms with van der Waals surface area (Å²) in [6.45, 7) is 0.555. The van der Waals surface area contributed by atoms with Gasteiger partial charge in [0.1, 0.15) is 5.82 Å². The average Bonchev–Trinajstić information content (AvgIpc) is 2.76. The molecule has 0 spiro atoms. The highest BCUT2D eigenvalue weighted by atomic mass is 79.9. The number of hydrogen-bond acceptors (Lipinski definition) is 5. The molecule has 1 aliphatic rings. The van der Waals surface area contributed by atoms with Crippen molar-refractivity contribution in [2.24, 2.45) is 0 Å². The lowest BCUT2D eigenvalue weighted by molar-refractivity contribution is -0.117. The fourth-order valence-corrected chi connectivity index (χ4v) is 2.54. The van der Waals surface area contributed by atoms with Gasteiger partial charge in [0.15, 0.2) is 0 Å². The van der Waals surface area contributed by atoms with E-state index in [1.54, 1.807) is 18.0 Å². The van der Waals surface area contributed by atoms with Crippen LogP contribution in [0.5, 0.6) is 0 Å². The monoisotopic (exact) mass is 327 g/mol. The first kappa shape index (κ1) is 13.8. The topological polar surface area (TPSA) is 71.5 Å². The maximum Gasteiger partial charge on any atom is 0.339 e. The van der Waals surface area contributed by atoms with Crippen molar-refractivity contribution in [1.29, 1.82) is 0 Å². The lowest BCUT2D eigenvalue weighted by Gasteiger charge is -2.19. The van der Waals surface area contributed by atoms with Crippen LogP contribution in [-0.4, -0.2) is 42.4 Å². The van der Waals surface area contributed by atoms with Crippen LogP contribution >= 0.6 is 15.9 Å². The van der Waals surface area contributed by atoms with Crippen molar-refractivity contribution in [1.82, 2.24) is 4.98 Å². The number of nitrogens with one attached hydrogen (secondary N) is 1. The molecule has 0 radical (unpaired) electrons. The van der Waals surface area contributed by atoms with Crippen molar-refractivity contribution in [3.05, 3.63) is 17.8 Å². The number of esters is 1. The van der Waals surface area contributed by atoms with Crippen LogP contribution in [0.1, 0.15) is 16.8 Å². The molecule has 6 nitrogen and oxygen atoms in total. The Morgan fingerprint density at radius 3 is 2.89 bits per heavy atom. The Balaban J connectivity index is 2.42. The number of anilines is 2. The van der Waals surface area contributed by atoms with Gasteiger partial charge in [0.2, 0.25) is 5.91 Å². The molecule has 1 aliphatic heterocycles. The van der Waals surface area contributed by atoms with Crippen molar-refractivity contribution in [3.63, 3.8) is 0 Å². The zero-order chi connectivity index (χ0) is 14.0. The lowest BCUT2D eigenvalue weighted by Crippen LogP contribution is -2.26. The summed E-state index contributed by atoms with van der Waals surface area (Å²) in [7, 11) is 3.03. The van der Waals surface area contributed by atoms with Crippen LogP contribution in [0.25, 0.3) is 0 Å². The van der Waals surface area contributed by atoms with Gasteiger partial charge < -0.3 is 15.0 Å². The van der Waals surface area contributed by atoms with Crippen molar-refractivity contribution in [2.45, 2.75) is 11.2 Å². The quantitative estimate of drug-likeness (QED) is 0.671. The van der Waals surface area contributed by atoms with Crippen LogP contribution < -0.4 is 10.2 Å². The zero-order valence-electron chi connectivity index (χ0n) is 10.6. The fourth-order valence-electron chi connectivity index (χ4n) is 1.98. The van der Waals surface area contributed by atoms with Crippen LogP contribution in [0.4, 0.5) is 11.5 Å². The Morgan fingerprint density at radius 2 is 2.37 bits per heavy atom. The van der Waals surface area contributed by atoms with E-state index in [1.807, 2.05) is 0 Å². The highest BCUT2D eigenvalue weighted by molar-refractivity contribution is 9.09. The van der Waals surface area contributed by atoms with Crippen LogP contribution in [0.3, 0.4) is 0 Å². The van der Waals surface area contributed by atoms with Gasteiger partial charge in [-0.05, 0) is 6.07 Å². The standard InChI is InChI=1S/C12H14BrN3O3/c1-14-11-9(16-6-8(13)4-10(16)17)3-7(5-15-11)12(18)19-2/h3,5,8H,4,6H2,1-2H3,(H,14,15). The first-order chi connectivity index (χ1) is 9.06. The molecule has 0 aliphatic carbocycles. The number of ether oxygens (including phenoxy) is 1. The van der Waals surface area contributed by atoms with Crippen LogP contribution in [0, 0.1) is 0 Å². The van der Waals surface area contributed by atoms with E-state index < -0.39 is 5.97 Å². The predicted molar refractivity (Wildman–Crippen MR) is 74.8 cm³/mol. The number of rotatable bonds is 3. The third kappa shape index (κ3) is 2.70. The number of methoxy groups -OCH3 is 1. The summed E-state index contributed by atoms with van der Waals surface area (Å²) >= 11 is 3.43. The summed E-state index contributed by atoms with van der Waals surface area (Å²) in [5, 5.41) is 2.92. The van der Waals surface area contributed by atoms with Gasteiger partial charge in [-0.1, -0.05) is 15.9 Å². The third-order valence-electron chi connectivity index (χ3n) is 2.89. The van der Waals surface area contributed by atoms with Crippen LogP contribution in [0.2, 0.25) is 0 Å². The maximum absolute atomic E-state index is 11.9. The Kier molecular flexibility index (Phi) is 4.04. The molecule has 1 amide bonds. The normalized spacial score (nSPS) is 18.6. The Morgan fingerprint density at radius 1 is 1.63 bits per heavy atom. The van der Waals surface area contributed by atoms with E-state index in [2.05, 4.69) is 31.0 Å². The van der Waals surface area contributed by atoms with Crippen molar-refractivity contribution in [2.75, 3.05) is 30.9 Å². The van der Waals surface area contributed by atoms with E-state index in [0.717, 1.165) is 0 Å². The second-order valence-corrected chi connectivity index (χ2v) is 5.43. The number of hydrogen-bond donors (Lipinski definition) is 1. The Bertz CT molecular complexity index is 521. The molecule has 19 heavy (non-hydrogen) atoms. The third-order valence-corrected chi connectivity index (χ3v) is 3.51. The summed E-state index contributed by atoms with van der Waals surface area (Å²) in [4.78, 5) is 29.3. The number of alkyl halides is 1. The molecule has 1 aromatic rings. The second-order valence-electron chi connectivity index (χ2n) is 4.14. The SMILES string of the molecule is CNc1ncc(C(=O)OC)cc1N1CC(Br)CC1=O. The summed E-state index contributed by atoms with van der Waals surface area (Å²) in [5.74, 6) is 0.0863. The van der Waals surface area contributed by atoms with E-state index in [9.17, 15) is 9.59 Å². The molecule has 1 unspecified atom stereocenters. The first-order valence-electron chi connectivity index (χ1n) is 5.77. The van der Waals surface area contributed by atoms with Gasteiger partial charge in [-0.3, -0.25) is 4.79 Å². The maximum atomic E-state index is 11.9. The summed E-state index contributed by atoms with van der Waals surface area (Å²) < 4.78 is 4.66. The van der Waals surface area contributed by atoms with Crippen LogP contribution in [0.15, 0.2) is 12.3 Å². The minimum Gasteiger partial charge on any atom is -0.465 e. The molecule has 0 saturated carbocycles. The second kappa shape index (κ2) is 5.56. The van der Waals surface area contributed by atoms with Gasteiger partial charge in [-0.15, -0.1) is 0 Å². The van der Waals surface area contributed by atoms with Gasteiger partial charge in [-0.25, -0.2) is 9.78 Å². The summed E-state index contributed by atoms with van der Waals surface area (Å²) in [6, 6.07) is 1.62.